The average molecular weight is 289 g/mol. The number of nitrogens with zero attached hydrogens (tertiary/aromatic N) is 1. The van der Waals surface area contributed by atoms with Crippen molar-refractivity contribution in [1.29, 1.82) is 0 Å². The SMILES string of the molecule is CCCCN(CC)C(=O)c1oc2ccc(OC)cc2c1C. The minimum absolute atomic E-state index is 0.0291. The van der Waals surface area contributed by atoms with E-state index in [9.17, 15) is 4.79 Å². The molecule has 0 radical (unpaired) electrons. The molecule has 2 rings (SSSR count). The molecule has 0 saturated heterocycles. The maximum atomic E-state index is 12.6. The quantitative estimate of drug-likeness (QED) is 0.807. The van der Waals surface area contributed by atoms with Crippen LogP contribution in [0.15, 0.2) is 22.6 Å². The smallest absolute Gasteiger partial charge is 0.289 e. The average Bonchev–Trinajstić information content (AvgIpc) is 2.84. The van der Waals surface area contributed by atoms with E-state index in [4.69, 9.17) is 9.15 Å². The van der Waals surface area contributed by atoms with Gasteiger partial charge in [-0.05, 0) is 38.5 Å². The Hall–Kier alpha value is -1.97. The van der Waals surface area contributed by atoms with Gasteiger partial charge >= 0.3 is 0 Å². The van der Waals surface area contributed by atoms with Crippen LogP contribution in [0.5, 0.6) is 5.75 Å². The summed E-state index contributed by atoms with van der Waals surface area (Å²) in [5.74, 6) is 1.18. The lowest BCUT2D eigenvalue weighted by atomic mass is 10.1. The summed E-state index contributed by atoms with van der Waals surface area (Å²) in [6.07, 6.45) is 2.08. The Morgan fingerprint density at radius 3 is 2.71 bits per heavy atom. The van der Waals surface area contributed by atoms with Gasteiger partial charge in [-0.15, -0.1) is 0 Å². The van der Waals surface area contributed by atoms with E-state index in [0.717, 1.165) is 41.7 Å². The van der Waals surface area contributed by atoms with E-state index >= 15 is 0 Å². The molecule has 2 aromatic rings. The molecule has 0 aliphatic heterocycles. The van der Waals surface area contributed by atoms with E-state index in [1.807, 2.05) is 36.9 Å². The van der Waals surface area contributed by atoms with Crippen molar-refractivity contribution in [2.75, 3.05) is 20.2 Å². The van der Waals surface area contributed by atoms with Crippen molar-refractivity contribution in [1.82, 2.24) is 4.90 Å². The Morgan fingerprint density at radius 2 is 2.10 bits per heavy atom. The number of hydrogen-bond donors (Lipinski definition) is 0. The Kier molecular flexibility index (Phi) is 4.89. The van der Waals surface area contributed by atoms with Gasteiger partial charge in [0.1, 0.15) is 11.3 Å². The summed E-state index contributed by atoms with van der Waals surface area (Å²) in [6, 6.07) is 5.60. The summed E-state index contributed by atoms with van der Waals surface area (Å²) in [4.78, 5) is 14.5. The first-order valence-electron chi connectivity index (χ1n) is 7.48. The van der Waals surface area contributed by atoms with E-state index in [1.54, 1.807) is 7.11 Å². The highest BCUT2D eigenvalue weighted by molar-refractivity contribution is 5.99. The minimum Gasteiger partial charge on any atom is -0.497 e. The molecule has 0 N–H and O–H groups in total. The molecule has 1 aromatic carbocycles. The van der Waals surface area contributed by atoms with E-state index in [-0.39, 0.29) is 5.91 Å². The van der Waals surface area contributed by atoms with Gasteiger partial charge in [-0.25, -0.2) is 0 Å². The molecule has 1 heterocycles. The van der Waals surface area contributed by atoms with E-state index < -0.39 is 0 Å². The number of rotatable bonds is 6. The summed E-state index contributed by atoms with van der Waals surface area (Å²) in [5.41, 5.74) is 1.60. The number of unbranched alkanes of at least 4 members (excludes halogenated alkanes) is 1. The molecule has 21 heavy (non-hydrogen) atoms. The second kappa shape index (κ2) is 6.66. The van der Waals surface area contributed by atoms with Crippen LogP contribution < -0.4 is 4.74 Å². The first kappa shape index (κ1) is 15.4. The highest BCUT2D eigenvalue weighted by atomic mass is 16.5. The Balaban J connectivity index is 2.36. The van der Waals surface area contributed by atoms with Crippen LogP contribution in [0.25, 0.3) is 11.0 Å². The van der Waals surface area contributed by atoms with Gasteiger partial charge in [0.15, 0.2) is 5.76 Å². The molecule has 0 spiro atoms. The number of fused-ring (bicyclic) bond motifs is 1. The van der Waals surface area contributed by atoms with Crippen LogP contribution in [-0.4, -0.2) is 31.0 Å². The lowest BCUT2D eigenvalue weighted by Gasteiger charge is -2.19. The van der Waals surface area contributed by atoms with Gasteiger partial charge in [0, 0.05) is 24.0 Å². The lowest BCUT2D eigenvalue weighted by Crippen LogP contribution is -2.31. The van der Waals surface area contributed by atoms with Crippen LogP contribution in [0.4, 0.5) is 0 Å². The molecule has 0 aliphatic rings. The van der Waals surface area contributed by atoms with Gasteiger partial charge in [0.2, 0.25) is 0 Å². The van der Waals surface area contributed by atoms with Crippen molar-refractivity contribution in [3.05, 3.63) is 29.5 Å². The highest BCUT2D eigenvalue weighted by Crippen LogP contribution is 2.29. The molecule has 0 unspecified atom stereocenters. The van der Waals surface area contributed by atoms with Crippen molar-refractivity contribution in [3.63, 3.8) is 0 Å². The van der Waals surface area contributed by atoms with Crippen LogP contribution >= 0.6 is 0 Å². The second-order valence-corrected chi connectivity index (χ2v) is 5.16. The predicted molar refractivity (Wildman–Crippen MR) is 84.0 cm³/mol. The fraction of sp³-hybridized carbons (Fsp3) is 0.471. The lowest BCUT2D eigenvalue weighted by molar-refractivity contribution is 0.0731. The molecule has 4 nitrogen and oxygen atoms in total. The zero-order valence-electron chi connectivity index (χ0n) is 13.2. The first-order valence-corrected chi connectivity index (χ1v) is 7.48. The molecule has 0 fully saturated rings. The zero-order chi connectivity index (χ0) is 15.4. The molecule has 114 valence electrons. The Bertz CT molecular complexity index is 630. The van der Waals surface area contributed by atoms with Crippen LogP contribution in [0.2, 0.25) is 0 Å². The van der Waals surface area contributed by atoms with Crippen LogP contribution in [0.1, 0.15) is 42.8 Å². The number of carbonyl (C=O) groups is 1. The second-order valence-electron chi connectivity index (χ2n) is 5.16. The summed E-state index contributed by atoms with van der Waals surface area (Å²) >= 11 is 0. The predicted octanol–water partition coefficient (Wildman–Crippen LogP) is 4.01. The molecule has 0 bridgehead atoms. The fourth-order valence-corrected chi connectivity index (χ4v) is 2.43. The van der Waals surface area contributed by atoms with Crippen LogP contribution in [-0.2, 0) is 0 Å². The van der Waals surface area contributed by atoms with E-state index in [1.165, 1.54) is 0 Å². The van der Waals surface area contributed by atoms with Gasteiger partial charge in [-0.3, -0.25) is 4.79 Å². The third kappa shape index (κ3) is 3.04. The van der Waals surface area contributed by atoms with Crippen molar-refractivity contribution in [2.45, 2.75) is 33.6 Å². The standard InChI is InChI=1S/C17H23NO3/c1-5-7-10-18(6-2)17(19)16-12(3)14-11-13(20-4)8-9-15(14)21-16/h8-9,11H,5-7,10H2,1-4H3. The van der Waals surface area contributed by atoms with Crippen molar-refractivity contribution < 1.29 is 13.9 Å². The number of carbonyl (C=O) groups excluding carboxylic acids is 1. The van der Waals surface area contributed by atoms with Gasteiger partial charge in [0.05, 0.1) is 7.11 Å². The summed E-state index contributed by atoms with van der Waals surface area (Å²) in [5, 5.41) is 0.934. The van der Waals surface area contributed by atoms with Gasteiger partial charge in [0.25, 0.3) is 5.91 Å². The number of hydrogen-bond acceptors (Lipinski definition) is 3. The monoisotopic (exact) mass is 289 g/mol. The molecule has 0 atom stereocenters. The number of ether oxygens (including phenoxy) is 1. The third-order valence-electron chi connectivity index (χ3n) is 3.79. The van der Waals surface area contributed by atoms with Crippen LogP contribution in [0, 0.1) is 6.92 Å². The molecule has 0 saturated carbocycles. The maximum absolute atomic E-state index is 12.6. The summed E-state index contributed by atoms with van der Waals surface area (Å²) < 4.78 is 11.0. The Morgan fingerprint density at radius 1 is 1.33 bits per heavy atom. The normalized spacial score (nSPS) is 10.9. The third-order valence-corrected chi connectivity index (χ3v) is 3.79. The molecule has 1 aromatic heterocycles. The number of methoxy groups -OCH3 is 1. The van der Waals surface area contributed by atoms with Crippen molar-refractivity contribution >= 4 is 16.9 Å². The van der Waals surface area contributed by atoms with Gasteiger partial charge in [-0.2, -0.15) is 0 Å². The molecule has 4 heteroatoms. The largest absolute Gasteiger partial charge is 0.497 e. The summed E-state index contributed by atoms with van der Waals surface area (Å²) in [6.45, 7) is 7.50. The minimum atomic E-state index is -0.0291. The van der Waals surface area contributed by atoms with Crippen molar-refractivity contribution in [2.24, 2.45) is 0 Å². The number of benzene rings is 1. The van der Waals surface area contributed by atoms with Crippen LogP contribution in [0.3, 0.4) is 0 Å². The fourth-order valence-electron chi connectivity index (χ4n) is 2.43. The Labute approximate surface area is 125 Å². The van der Waals surface area contributed by atoms with Crippen molar-refractivity contribution in [3.8, 4) is 5.75 Å². The van der Waals surface area contributed by atoms with Gasteiger partial charge < -0.3 is 14.1 Å². The number of furan rings is 1. The summed E-state index contributed by atoms with van der Waals surface area (Å²) in [7, 11) is 1.63. The zero-order valence-corrected chi connectivity index (χ0v) is 13.2. The highest BCUT2D eigenvalue weighted by Gasteiger charge is 2.22. The number of amides is 1. The molecule has 1 amide bonds. The van der Waals surface area contributed by atoms with E-state index in [2.05, 4.69) is 6.92 Å². The molecule has 0 aliphatic carbocycles. The maximum Gasteiger partial charge on any atom is 0.289 e. The molecular formula is C17H23NO3. The number of aryl methyl sites for hydroxylation is 1. The first-order chi connectivity index (χ1) is 10.1. The van der Waals surface area contributed by atoms with Gasteiger partial charge in [-0.1, -0.05) is 13.3 Å². The topological polar surface area (TPSA) is 42.7 Å². The van der Waals surface area contributed by atoms with E-state index in [0.29, 0.717) is 12.3 Å². The molecular weight excluding hydrogens is 266 g/mol.